The van der Waals surface area contributed by atoms with Crippen LogP contribution in [-0.2, 0) is 0 Å². The van der Waals surface area contributed by atoms with E-state index >= 15 is 0 Å². The van der Waals surface area contributed by atoms with Gasteiger partial charge in [0.15, 0.2) is 11.6 Å². The minimum Gasteiger partial charge on any atom is -0.382 e. The van der Waals surface area contributed by atoms with Gasteiger partial charge in [0.1, 0.15) is 5.69 Å². The summed E-state index contributed by atoms with van der Waals surface area (Å²) in [6.07, 6.45) is 2.63. The van der Waals surface area contributed by atoms with Crippen molar-refractivity contribution in [1.29, 1.82) is 0 Å². The molecule has 2 aromatic heterocycles. The summed E-state index contributed by atoms with van der Waals surface area (Å²) in [5.74, 6) is -0.257. The Morgan fingerprint density at radius 2 is 1.72 bits per heavy atom. The molecular weight excluding hydrogens is 231 g/mol. The molecule has 3 aromatic rings. The molecule has 0 spiro atoms. The van der Waals surface area contributed by atoms with Crippen LogP contribution in [0.25, 0.3) is 22.3 Å². The van der Waals surface area contributed by atoms with Crippen LogP contribution in [0.1, 0.15) is 0 Å². The van der Waals surface area contributed by atoms with Crippen LogP contribution in [0.4, 0.5) is 10.2 Å². The summed E-state index contributed by atoms with van der Waals surface area (Å²) < 4.78 is 13.7. The summed E-state index contributed by atoms with van der Waals surface area (Å²) in [5.41, 5.74) is 7.84. The second-order valence-electron chi connectivity index (χ2n) is 3.80. The van der Waals surface area contributed by atoms with Gasteiger partial charge in [-0.05, 0) is 18.2 Å². The predicted molar refractivity (Wildman–Crippen MR) is 67.1 cm³/mol. The Morgan fingerprint density at radius 3 is 2.44 bits per heavy atom. The zero-order chi connectivity index (χ0) is 12.5. The number of pyridine rings is 1. The highest BCUT2D eigenvalue weighted by Gasteiger charge is 2.12. The van der Waals surface area contributed by atoms with Crippen molar-refractivity contribution in [2.75, 3.05) is 5.73 Å². The first kappa shape index (κ1) is 10.6. The van der Waals surface area contributed by atoms with Crippen molar-refractivity contribution in [3.63, 3.8) is 0 Å². The summed E-state index contributed by atoms with van der Waals surface area (Å²) in [5, 5.41) is 0. The van der Waals surface area contributed by atoms with Gasteiger partial charge in [0.05, 0.1) is 17.2 Å². The van der Waals surface area contributed by atoms with E-state index in [1.807, 2.05) is 24.3 Å². The van der Waals surface area contributed by atoms with E-state index in [9.17, 15) is 4.39 Å². The molecule has 0 amide bonds. The molecule has 0 aliphatic heterocycles. The SMILES string of the molecule is Nc1nc2ccccc2nc1-c1ccncc1F. The summed E-state index contributed by atoms with van der Waals surface area (Å²) in [6, 6.07) is 8.85. The Bertz CT molecular complexity index is 727. The van der Waals surface area contributed by atoms with Crippen molar-refractivity contribution < 1.29 is 4.39 Å². The Morgan fingerprint density at radius 1 is 1.00 bits per heavy atom. The van der Waals surface area contributed by atoms with Gasteiger partial charge in [0.25, 0.3) is 0 Å². The van der Waals surface area contributed by atoms with Crippen molar-refractivity contribution in [3.05, 3.63) is 48.5 Å². The highest BCUT2D eigenvalue weighted by atomic mass is 19.1. The molecule has 2 heterocycles. The molecule has 0 bridgehead atoms. The molecular formula is C13H9FN4. The molecule has 1 aromatic carbocycles. The lowest BCUT2D eigenvalue weighted by Crippen LogP contribution is -2.00. The molecule has 2 N–H and O–H groups in total. The van der Waals surface area contributed by atoms with Crippen LogP contribution in [0.5, 0.6) is 0 Å². The second kappa shape index (κ2) is 4.03. The van der Waals surface area contributed by atoms with Crippen LogP contribution < -0.4 is 5.73 Å². The number of fused-ring (bicyclic) bond motifs is 1. The average molecular weight is 240 g/mol. The van der Waals surface area contributed by atoms with E-state index < -0.39 is 5.82 Å². The van der Waals surface area contributed by atoms with Gasteiger partial charge in [0, 0.05) is 11.8 Å². The van der Waals surface area contributed by atoms with E-state index in [0.717, 1.165) is 6.20 Å². The minimum atomic E-state index is -0.464. The van der Waals surface area contributed by atoms with E-state index in [4.69, 9.17) is 5.73 Å². The zero-order valence-corrected chi connectivity index (χ0v) is 9.34. The number of rotatable bonds is 1. The topological polar surface area (TPSA) is 64.7 Å². The highest BCUT2D eigenvalue weighted by molar-refractivity contribution is 5.82. The highest BCUT2D eigenvalue weighted by Crippen LogP contribution is 2.26. The molecule has 4 nitrogen and oxygen atoms in total. The van der Waals surface area contributed by atoms with Gasteiger partial charge in [-0.3, -0.25) is 4.98 Å². The van der Waals surface area contributed by atoms with E-state index in [2.05, 4.69) is 15.0 Å². The molecule has 0 radical (unpaired) electrons. The quantitative estimate of drug-likeness (QED) is 0.709. The Kier molecular flexibility index (Phi) is 2.37. The number of nitrogens with zero attached hydrogens (tertiary/aromatic N) is 3. The molecule has 0 saturated carbocycles. The minimum absolute atomic E-state index is 0.207. The number of aromatic nitrogens is 3. The number of halogens is 1. The first-order valence-electron chi connectivity index (χ1n) is 5.38. The number of benzene rings is 1. The van der Waals surface area contributed by atoms with Crippen molar-refractivity contribution in [3.8, 4) is 11.3 Å². The molecule has 0 aliphatic carbocycles. The van der Waals surface area contributed by atoms with Crippen molar-refractivity contribution in [2.45, 2.75) is 0 Å². The number of hydrogen-bond acceptors (Lipinski definition) is 4. The lowest BCUT2D eigenvalue weighted by molar-refractivity contribution is 0.624. The fourth-order valence-electron chi connectivity index (χ4n) is 1.78. The third-order valence-corrected chi connectivity index (χ3v) is 2.63. The molecule has 0 aliphatic rings. The molecule has 88 valence electrons. The fraction of sp³-hybridized carbons (Fsp3) is 0. The fourth-order valence-corrected chi connectivity index (χ4v) is 1.78. The number of nitrogens with two attached hydrogens (primary N) is 1. The zero-order valence-electron chi connectivity index (χ0n) is 9.34. The van der Waals surface area contributed by atoms with Crippen molar-refractivity contribution in [1.82, 2.24) is 15.0 Å². The lowest BCUT2D eigenvalue weighted by Gasteiger charge is -2.06. The van der Waals surface area contributed by atoms with E-state index in [0.29, 0.717) is 22.3 Å². The van der Waals surface area contributed by atoms with E-state index in [-0.39, 0.29) is 5.82 Å². The summed E-state index contributed by atoms with van der Waals surface area (Å²) in [6.45, 7) is 0. The molecule has 0 saturated heterocycles. The van der Waals surface area contributed by atoms with Crippen LogP contribution in [0, 0.1) is 5.82 Å². The molecule has 18 heavy (non-hydrogen) atoms. The van der Waals surface area contributed by atoms with Crippen LogP contribution in [-0.4, -0.2) is 15.0 Å². The van der Waals surface area contributed by atoms with Crippen LogP contribution in [0.3, 0.4) is 0 Å². The average Bonchev–Trinajstić information content (AvgIpc) is 2.39. The molecule has 0 unspecified atom stereocenters. The lowest BCUT2D eigenvalue weighted by atomic mass is 10.1. The van der Waals surface area contributed by atoms with Crippen LogP contribution in [0.2, 0.25) is 0 Å². The third-order valence-electron chi connectivity index (χ3n) is 2.63. The largest absolute Gasteiger partial charge is 0.382 e. The van der Waals surface area contributed by atoms with Crippen molar-refractivity contribution in [2.24, 2.45) is 0 Å². The number of anilines is 1. The van der Waals surface area contributed by atoms with Gasteiger partial charge in [-0.2, -0.15) is 0 Å². The number of nitrogen functional groups attached to an aromatic ring is 1. The number of para-hydroxylation sites is 2. The summed E-state index contributed by atoms with van der Waals surface area (Å²) in [7, 11) is 0. The van der Waals surface area contributed by atoms with Gasteiger partial charge < -0.3 is 5.73 Å². The second-order valence-corrected chi connectivity index (χ2v) is 3.80. The molecule has 3 rings (SSSR count). The number of hydrogen-bond donors (Lipinski definition) is 1. The first-order chi connectivity index (χ1) is 8.75. The van der Waals surface area contributed by atoms with Crippen LogP contribution >= 0.6 is 0 Å². The monoisotopic (exact) mass is 240 g/mol. The molecule has 0 fully saturated rings. The van der Waals surface area contributed by atoms with Crippen LogP contribution in [0.15, 0.2) is 42.7 Å². The van der Waals surface area contributed by atoms with E-state index in [1.165, 1.54) is 12.3 Å². The maximum absolute atomic E-state index is 13.7. The Balaban J connectivity index is 2.30. The van der Waals surface area contributed by atoms with E-state index in [1.54, 1.807) is 0 Å². The third kappa shape index (κ3) is 1.66. The summed E-state index contributed by atoms with van der Waals surface area (Å²) in [4.78, 5) is 12.3. The first-order valence-corrected chi connectivity index (χ1v) is 5.38. The van der Waals surface area contributed by atoms with Gasteiger partial charge in [-0.1, -0.05) is 12.1 Å². The van der Waals surface area contributed by atoms with Gasteiger partial charge in [0.2, 0.25) is 0 Å². The van der Waals surface area contributed by atoms with Crippen molar-refractivity contribution >= 4 is 16.9 Å². The molecule has 0 atom stereocenters. The van der Waals surface area contributed by atoms with Gasteiger partial charge in [-0.15, -0.1) is 0 Å². The predicted octanol–water partition coefficient (Wildman–Crippen LogP) is 2.41. The smallest absolute Gasteiger partial charge is 0.151 e. The maximum Gasteiger partial charge on any atom is 0.151 e. The standard InChI is InChI=1S/C13H9FN4/c14-9-7-16-6-5-8(9)12-13(15)18-11-4-2-1-3-10(11)17-12/h1-7H,(H2,15,18). The molecule has 5 heteroatoms. The van der Waals surface area contributed by atoms with Gasteiger partial charge in [-0.25, -0.2) is 14.4 Å². The normalized spacial score (nSPS) is 10.7. The summed E-state index contributed by atoms with van der Waals surface area (Å²) >= 11 is 0. The van der Waals surface area contributed by atoms with Gasteiger partial charge >= 0.3 is 0 Å². The Hall–Kier alpha value is -2.56. The Labute approximate surface area is 102 Å². The maximum atomic E-state index is 13.7.